The molecule has 0 nitrogen and oxygen atoms in total. The standard InChI is InChI=1S/C12H26.C6H6/c1-3-5-7-9-11-12-10-8-6-4-2;1-2-4-6-5-3-1/h3-12H2,1-2H3;1-6H. The summed E-state index contributed by atoms with van der Waals surface area (Å²) in [5, 5.41) is 0. The van der Waals surface area contributed by atoms with Crippen LogP contribution in [0.15, 0.2) is 36.4 Å². The third-order valence-corrected chi connectivity index (χ3v) is 3.12. The molecule has 0 aromatic heterocycles. The lowest BCUT2D eigenvalue weighted by Crippen LogP contribution is -1.80. The maximum atomic E-state index is 2.28. The predicted octanol–water partition coefficient (Wildman–Crippen LogP) is 6.61. The molecule has 1 aromatic rings. The summed E-state index contributed by atoms with van der Waals surface area (Å²) >= 11 is 0. The fourth-order valence-corrected chi connectivity index (χ4v) is 1.95. The van der Waals surface area contributed by atoms with Crippen LogP contribution >= 0.6 is 0 Å². The summed E-state index contributed by atoms with van der Waals surface area (Å²) < 4.78 is 0. The van der Waals surface area contributed by atoms with Gasteiger partial charge in [0.25, 0.3) is 0 Å². The molecular weight excluding hydrogens is 216 g/mol. The SMILES string of the molecule is CCCCCCCCCCCC.c1ccccc1. The number of benzene rings is 1. The molecule has 1 rings (SSSR count). The Morgan fingerprint density at radius 1 is 0.389 bits per heavy atom. The molecule has 0 heteroatoms. The van der Waals surface area contributed by atoms with E-state index in [4.69, 9.17) is 0 Å². The highest BCUT2D eigenvalue weighted by Gasteiger charge is 1.90. The van der Waals surface area contributed by atoms with Crippen LogP contribution in [0.25, 0.3) is 0 Å². The van der Waals surface area contributed by atoms with Gasteiger partial charge in [-0.2, -0.15) is 0 Å². The zero-order valence-electron chi connectivity index (χ0n) is 12.5. The van der Waals surface area contributed by atoms with Gasteiger partial charge in [0.05, 0.1) is 0 Å². The van der Waals surface area contributed by atoms with E-state index >= 15 is 0 Å². The largest absolute Gasteiger partial charge is 0.0654 e. The van der Waals surface area contributed by atoms with E-state index in [9.17, 15) is 0 Å². The summed E-state index contributed by atoms with van der Waals surface area (Å²) in [6.07, 6.45) is 14.4. The number of hydrogen-bond acceptors (Lipinski definition) is 0. The molecule has 0 atom stereocenters. The normalized spacial score (nSPS) is 9.67. The van der Waals surface area contributed by atoms with Gasteiger partial charge in [0.15, 0.2) is 0 Å². The van der Waals surface area contributed by atoms with Gasteiger partial charge in [0.1, 0.15) is 0 Å². The molecule has 0 saturated heterocycles. The highest BCUT2D eigenvalue weighted by molar-refractivity contribution is 4.99. The van der Waals surface area contributed by atoms with E-state index in [1.807, 2.05) is 36.4 Å². The Kier molecular flexibility index (Phi) is 15.5. The van der Waals surface area contributed by atoms with Crippen LogP contribution in [-0.4, -0.2) is 0 Å². The predicted molar refractivity (Wildman–Crippen MR) is 84.0 cm³/mol. The molecule has 0 heterocycles. The van der Waals surface area contributed by atoms with Crippen molar-refractivity contribution in [1.82, 2.24) is 0 Å². The van der Waals surface area contributed by atoms with Gasteiger partial charge in [0, 0.05) is 0 Å². The van der Waals surface area contributed by atoms with Crippen LogP contribution in [0.2, 0.25) is 0 Å². The Hall–Kier alpha value is -0.780. The van der Waals surface area contributed by atoms with Gasteiger partial charge >= 0.3 is 0 Å². The maximum Gasteiger partial charge on any atom is -0.0533 e. The lowest BCUT2D eigenvalue weighted by atomic mass is 10.1. The Morgan fingerprint density at radius 3 is 0.833 bits per heavy atom. The first-order chi connectivity index (χ1) is 8.91. The molecule has 0 spiro atoms. The van der Waals surface area contributed by atoms with Crippen LogP contribution in [-0.2, 0) is 0 Å². The van der Waals surface area contributed by atoms with Crippen LogP contribution in [0.1, 0.15) is 78.1 Å². The van der Waals surface area contributed by atoms with Gasteiger partial charge in [-0.25, -0.2) is 0 Å². The minimum absolute atomic E-state index is 1.37. The molecule has 0 saturated carbocycles. The fraction of sp³-hybridized carbons (Fsp3) is 0.667. The first kappa shape index (κ1) is 17.2. The monoisotopic (exact) mass is 248 g/mol. The van der Waals surface area contributed by atoms with E-state index in [0.717, 1.165) is 0 Å². The van der Waals surface area contributed by atoms with Crippen molar-refractivity contribution in [3.8, 4) is 0 Å². The second-order valence-electron chi connectivity index (χ2n) is 4.98. The highest BCUT2D eigenvalue weighted by Crippen LogP contribution is 2.09. The molecule has 0 aliphatic carbocycles. The third kappa shape index (κ3) is 15.2. The van der Waals surface area contributed by atoms with Crippen molar-refractivity contribution in [3.05, 3.63) is 36.4 Å². The van der Waals surface area contributed by atoms with Gasteiger partial charge in [-0.05, 0) is 0 Å². The molecular formula is C18H32. The summed E-state index contributed by atoms with van der Waals surface area (Å²) in [4.78, 5) is 0. The molecule has 0 radical (unpaired) electrons. The van der Waals surface area contributed by atoms with Crippen molar-refractivity contribution in [2.24, 2.45) is 0 Å². The zero-order chi connectivity index (χ0) is 13.3. The Labute approximate surface area is 115 Å². The van der Waals surface area contributed by atoms with E-state index in [2.05, 4.69) is 13.8 Å². The molecule has 104 valence electrons. The van der Waals surface area contributed by atoms with Crippen molar-refractivity contribution < 1.29 is 0 Å². The third-order valence-electron chi connectivity index (χ3n) is 3.12. The van der Waals surface area contributed by atoms with Crippen molar-refractivity contribution in [3.63, 3.8) is 0 Å². The van der Waals surface area contributed by atoms with E-state index in [0.29, 0.717) is 0 Å². The molecule has 0 fully saturated rings. The van der Waals surface area contributed by atoms with Gasteiger partial charge in [-0.1, -0.05) is 114 Å². The Bertz CT molecular complexity index is 178. The average Bonchev–Trinajstić information content (AvgIpc) is 2.44. The van der Waals surface area contributed by atoms with Gasteiger partial charge in [-0.3, -0.25) is 0 Å². The summed E-state index contributed by atoms with van der Waals surface area (Å²) in [5.41, 5.74) is 0. The van der Waals surface area contributed by atoms with Crippen molar-refractivity contribution in [2.45, 2.75) is 78.1 Å². The van der Waals surface area contributed by atoms with Gasteiger partial charge in [-0.15, -0.1) is 0 Å². The summed E-state index contributed by atoms with van der Waals surface area (Å²) in [6.45, 7) is 4.56. The Balaban J connectivity index is 0.000000397. The van der Waals surface area contributed by atoms with Gasteiger partial charge in [0.2, 0.25) is 0 Å². The second-order valence-corrected chi connectivity index (χ2v) is 4.98. The maximum absolute atomic E-state index is 2.28. The molecule has 0 aliphatic rings. The van der Waals surface area contributed by atoms with Crippen molar-refractivity contribution >= 4 is 0 Å². The van der Waals surface area contributed by atoms with E-state index in [-0.39, 0.29) is 0 Å². The number of rotatable bonds is 9. The van der Waals surface area contributed by atoms with E-state index < -0.39 is 0 Å². The summed E-state index contributed by atoms with van der Waals surface area (Å²) in [5.74, 6) is 0. The first-order valence-electron chi connectivity index (χ1n) is 7.91. The average molecular weight is 248 g/mol. The molecule has 0 amide bonds. The fourth-order valence-electron chi connectivity index (χ4n) is 1.95. The van der Waals surface area contributed by atoms with Crippen LogP contribution < -0.4 is 0 Å². The quantitative estimate of drug-likeness (QED) is 0.431. The summed E-state index contributed by atoms with van der Waals surface area (Å²) in [7, 11) is 0. The number of hydrogen-bond donors (Lipinski definition) is 0. The van der Waals surface area contributed by atoms with Crippen LogP contribution in [0.4, 0.5) is 0 Å². The smallest absolute Gasteiger partial charge is 0.0533 e. The summed E-state index contributed by atoms with van der Waals surface area (Å²) in [6, 6.07) is 12.0. The molecule has 18 heavy (non-hydrogen) atoms. The molecule has 0 N–H and O–H groups in total. The first-order valence-corrected chi connectivity index (χ1v) is 7.91. The zero-order valence-corrected chi connectivity index (χ0v) is 12.5. The topological polar surface area (TPSA) is 0 Å². The van der Waals surface area contributed by atoms with Crippen LogP contribution in [0, 0.1) is 0 Å². The second kappa shape index (κ2) is 16.2. The Morgan fingerprint density at radius 2 is 0.611 bits per heavy atom. The van der Waals surface area contributed by atoms with Crippen molar-refractivity contribution in [2.75, 3.05) is 0 Å². The molecule has 1 aromatic carbocycles. The molecule has 0 aliphatic heterocycles. The van der Waals surface area contributed by atoms with E-state index in [1.165, 1.54) is 64.2 Å². The van der Waals surface area contributed by atoms with Crippen LogP contribution in [0.3, 0.4) is 0 Å². The number of unbranched alkanes of at least 4 members (excludes halogenated alkanes) is 9. The minimum atomic E-state index is 1.37. The highest BCUT2D eigenvalue weighted by atomic mass is 14.0. The van der Waals surface area contributed by atoms with Gasteiger partial charge < -0.3 is 0 Å². The van der Waals surface area contributed by atoms with Crippen molar-refractivity contribution in [1.29, 1.82) is 0 Å². The van der Waals surface area contributed by atoms with E-state index in [1.54, 1.807) is 0 Å². The minimum Gasteiger partial charge on any atom is -0.0654 e. The molecule has 0 unspecified atom stereocenters. The lowest BCUT2D eigenvalue weighted by Gasteiger charge is -1.99. The lowest BCUT2D eigenvalue weighted by molar-refractivity contribution is 0.562. The molecule has 0 bridgehead atoms. The van der Waals surface area contributed by atoms with Crippen LogP contribution in [0.5, 0.6) is 0 Å².